The molecule has 2 amide bonds. The number of carbonyl (C=O) groups excluding carboxylic acids is 2. The molecule has 5 nitrogen and oxygen atoms in total. The number of carbonyl (C=O) groups is 2. The van der Waals surface area contributed by atoms with E-state index in [0.717, 1.165) is 40.9 Å². The quantitative estimate of drug-likeness (QED) is 0.415. The molecule has 0 radical (unpaired) electrons. The van der Waals surface area contributed by atoms with Gasteiger partial charge in [0.15, 0.2) is 4.32 Å². The molecule has 2 aromatic rings. The van der Waals surface area contributed by atoms with Gasteiger partial charge in [0.05, 0.1) is 11.5 Å². The van der Waals surface area contributed by atoms with Crippen LogP contribution in [0.5, 0.6) is 5.75 Å². The molecule has 3 rings (SSSR count). The topological polar surface area (TPSA) is 58.6 Å². The Morgan fingerprint density at radius 2 is 2.00 bits per heavy atom. The number of hydrogen-bond acceptors (Lipinski definition) is 5. The van der Waals surface area contributed by atoms with Crippen molar-refractivity contribution in [3.8, 4) is 5.75 Å². The normalized spacial score (nSPS) is 15.2. The van der Waals surface area contributed by atoms with Gasteiger partial charge in [0.25, 0.3) is 11.8 Å². The summed E-state index contributed by atoms with van der Waals surface area (Å²) < 4.78 is 6.00. The predicted molar refractivity (Wildman–Crippen MR) is 116 cm³/mol. The number of unbranched alkanes of at least 4 members (excludes halogenated alkanes) is 1. The van der Waals surface area contributed by atoms with Gasteiger partial charge in [-0.3, -0.25) is 15.0 Å². The maximum Gasteiger partial charge on any atom is 0.285 e. The zero-order valence-corrected chi connectivity index (χ0v) is 17.0. The second-order valence-corrected chi connectivity index (χ2v) is 7.77. The molecular weight excluding hydrogens is 392 g/mol. The Morgan fingerprint density at radius 3 is 2.75 bits per heavy atom. The van der Waals surface area contributed by atoms with Crippen molar-refractivity contribution in [1.82, 2.24) is 10.4 Å². The van der Waals surface area contributed by atoms with E-state index in [2.05, 4.69) is 12.3 Å². The minimum absolute atomic E-state index is 0.288. The van der Waals surface area contributed by atoms with Crippen LogP contribution in [0.15, 0.2) is 59.5 Å². The van der Waals surface area contributed by atoms with Crippen molar-refractivity contribution in [1.29, 1.82) is 0 Å². The van der Waals surface area contributed by atoms with Crippen LogP contribution < -0.4 is 10.2 Å². The summed E-state index contributed by atoms with van der Waals surface area (Å²) in [5.74, 6) is 0.0242. The van der Waals surface area contributed by atoms with Gasteiger partial charge in [-0.1, -0.05) is 55.4 Å². The van der Waals surface area contributed by atoms with Gasteiger partial charge < -0.3 is 4.74 Å². The lowest BCUT2D eigenvalue weighted by Crippen LogP contribution is -2.44. The van der Waals surface area contributed by atoms with Crippen LogP contribution in [0.3, 0.4) is 0 Å². The molecule has 0 atom stereocenters. The van der Waals surface area contributed by atoms with Gasteiger partial charge in [0.1, 0.15) is 5.75 Å². The molecule has 0 saturated carbocycles. The van der Waals surface area contributed by atoms with Crippen LogP contribution in [0.25, 0.3) is 6.08 Å². The maximum atomic E-state index is 12.7. The highest BCUT2D eigenvalue weighted by Gasteiger charge is 2.33. The van der Waals surface area contributed by atoms with Gasteiger partial charge in [-0.25, -0.2) is 0 Å². The fraction of sp³-hybridized carbons (Fsp3) is 0.190. The summed E-state index contributed by atoms with van der Waals surface area (Å²) in [6, 6.07) is 16.2. The second-order valence-electron chi connectivity index (χ2n) is 6.10. The zero-order chi connectivity index (χ0) is 19.9. The molecule has 0 unspecified atom stereocenters. The molecule has 1 aliphatic heterocycles. The smallest absolute Gasteiger partial charge is 0.285 e. The molecule has 1 heterocycles. The number of hydrazine groups is 1. The van der Waals surface area contributed by atoms with Crippen LogP contribution in [-0.2, 0) is 4.79 Å². The molecule has 0 bridgehead atoms. The Labute approximate surface area is 173 Å². The van der Waals surface area contributed by atoms with Crippen LogP contribution in [0.2, 0.25) is 0 Å². The number of amides is 2. The van der Waals surface area contributed by atoms with Crippen LogP contribution >= 0.6 is 24.0 Å². The largest absolute Gasteiger partial charge is 0.494 e. The minimum Gasteiger partial charge on any atom is -0.494 e. The lowest BCUT2D eigenvalue weighted by atomic mass is 10.2. The van der Waals surface area contributed by atoms with Gasteiger partial charge in [0.2, 0.25) is 0 Å². The fourth-order valence-electron chi connectivity index (χ4n) is 2.50. The van der Waals surface area contributed by atoms with Crippen molar-refractivity contribution in [2.24, 2.45) is 0 Å². The monoisotopic (exact) mass is 412 g/mol. The first-order chi connectivity index (χ1) is 13.6. The van der Waals surface area contributed by atoms with E-state index in [1.165, 1.54) is 0 Å². The Morgan fingerprint density at radius 1 is 1.21 bits per heavy atom. The molecular formula is C21H20N2O3S2. The Balaban J connectivity index is 1.71. The van der Waals surface area contributed by atoms with Gasteiger partial charge in [-0.2, -0.15) is 5.01 Å². The molecule has 7 heteroatoms. The minimum atomic E-state index is -0.385. The standard InChI is InChI=1S/C21H20N2O3S2/c1-2-3-12-26-17-11-7-8-15(13-17)14-18-20(25)23(21(27)28-18)22-19(24)16-9-5-4-6-10-16/h4-11,13-14H,2-3,12H2,1H3,(H,22,24)/b18-14+. The molecule has 2 aromatic carbocycles. The first-order valence-corrected chi connectivity index (χ1v) is 10.2. The summed E-state index contributed by atoms with van der Waals surface area (Å²) >= 11 is 6.42. The van der Waals surface area contributed by atoms with Crippen LogP contribution in [0, 0.1) is 0 Å². The summed E-state index contributed by atoms with van der Waals surface area (Å²) in [5, 5.41) is 1.11. The average Bonchev–Trinajstić information content (AvgIpc) is 2.96. The van der Waals surface area contributed by atoms with E-state index < -0.39 is 0 Å². The summed E-state index contributed by atoms with van der Waals surface area (Å²) in [5.41, 5.74) is 3.87. The van der Waals surface area contributed by atoms with Crippen LogP contribution in [0.1, 0.15) is 35.7 Å². The molecule has 0 aromatic heterocycles. The molecule has 1 aliphatic rings. The Bertz CT molecular complexity index is 913. The molecule has 1 N–H and O–H groups in total. The van der Waals surface area contributed by atoms with Crippen LogP contribution in [-0.4, -0.2) is 27.8 Å². The lowest BCUT2D eigenvalue weighted by molar-refractivity contribution is -0.123. The van der Waals surface area contributed by atoms with Gasteiger partial charge in [-0.05, 0) is 54.5 Å². The summed E-state index contributed by atoms with van der Waals surface area (Å²) in [6.45, 7) is 2.77. The molecule has 0 spiro atoms. The highest BCUT2D eigenvalue weighted by atomic mass is 32.2. The maximum absolute atomic E-state index is 12.7. The van der Waals surface area contributed by atoms with Gasteiger partial charge in [-0.15, -0.1) is 0 Å². The molecule has 1 saturated heterocycles. The third-order valence-electron chi connectivity index (χ3n) is 3.97. The number of nitrogens with one attached hydrogen (secondary N) is 1. The van der Waals surface area contributed by atoms with Crippen LogP contribution in [0.4, 0.5) is 0 Å². The van der Waals surface area contributed by atoms with Crippen molar-refractivity contribution in [3.63, 3.8) is 0 Å². The van der Waals surface area contributed by atoms with E-state index in [1.54, 1.807) is 30.3 Å². The Kier molecular flexibility index (Phi) is 6.84. The summed E-state index contributed by atoms with van der Waals surface area (Å²) in [4.78, 5) is 25.5. The summed E-state index contributed by atoms with van der Waals surface area (Å²) in [7, 11) is 0. The highest BCUT2D eigenvalue weighted by Crippen LogP contribution is 2.32. The number of thiocarbonyl (C=S) groups is 1. The molecule has 28 heavy (non-hydrogen) atoms. The second kappa shape index (κ2) is 9.52. The van der Waals surface area contributed by atoms with Gasteiger partial charge >= 0.3 is 0 Å². The third kappa shape index (κ3) is 4.99. The number of hydrogen-bond donors (Lipinski definition) is 1. The number of nitrogens with zero attached hydrogens (tertiary/aromatic N) is 1. The van der Waals surface area contributed by atoms with E-state index in [0.29, 0.717) is 17.1 Å². The summed E-state index contributed by atoms with van der Waals surface area (Å²) in [6.07, 6.45) is 3.81. The van der Waals surface area contributed by atoms with Crippen molar-refractivity contribution >= 4 is 46.2 Å². The van der Waals surface area contributed by atoms with Crippen molar-refractivity contribution in [2.75, 3.05) is 6.61 Å². The van der Waals surface area contributed by atoms with E-state index >= 15 is 0 Å². The number of rotatable bonds is 7. The van der Waals surface area contributed by atoms with E-state index in [9.17, 15) is 9.59 Å². The Hall–Kier alpha value is -2.64. The molecule has 0 aliphatic carbocycles. The SMILES string of the molecule is CCCCOc1cccc(/C=C2/SC(=S)N(NC(=O)c3ccccc3)C2=O)c1. The lowest BCUT2D eigenvalue weighted by Gasteiger charge is -2.15. The van der Waals surface area contributed by atoms with E-state index in [-0.39, 0.29) is 16.1 Å². The number of thioether (sulfide) groups is 1. The first kappa shape index (κ1) is 20.1. The van der Waals surface area contributed by atoms with Gasteiger partial charge in [0, 0.05) is 5.56 Å². The average molecular weight is 413 g/mol. The first-order valence-electron chi connectivity index (χ1n) is 8.95. The van der Waals surface area contributed by atoms with Crippen molar-refractivity contribution < 1.29 is 14.3 Å². The number of ether oxygens (including phenoxy) is 1. The van der Waals surface area contributed by atoms with Crippen molar-refractivity contribution in [2.45, 2.75) is 19.8 Å². The van der Waals surface area contributed by atoms with E-state index in [4.69, 9.17) is 17.0 Å². The van der Waals surface area contributed by atoms with E-state index in [1.807, 2.05) is 30.3 Å². The number of benzene rings is 2. The fourth-order valence-corrected chi connectivity index (χ4v) is 3.68. The predicted octanol–water partition coefficient (Wildman–Crippen LogP) is 4.41. The molecule has 144 valence electrons. The van der Waals surface area contributed by atoms with Crippen molar-refractivity contribution in [3.05, 3.63) is 70.6 Å². The molecule has 1 fully saturated rings. The highest BCUT2D eigenvalue weighted by molar-refractivity contribution is 8.26. The zero-order valence-electron chi connectivity index (χ0n) is 15.4. The third-order valence-corrected chi connectivity index (χ3v) is 5.27.